The zero-order valence-electron chi connectivity index (χ0n) is 16.4. The molecule has 0 unspecified atom stereocenters. The van der Waals surface area contributed by atoms with Crippen LogP contribution in [0, 0.1) is 29.3 Å². The molecule has 1 aliphatic heterocycles. The van der Waals surface area contributed by atoms with Crippen LogP contribution in [0.4, 0.5) is 13.2 Å². The zero-order valence-corrected chi connectivity index (χ0v) is 16.4. The van der Waals surface area contributed by atoms with Crippen molar-refractivity contribution in [2.75, 3.05) is 7.05 Å². The minimum absolute atomic E-state index is 0.0935. The maximum atomic E-state index is 13.8. The predicted octanol–water partition coefficient (Wildman–Crippen LogP) is 1.94. The minimum Gasteiger partial charge on any atom is -0.503 e. The van der Waals surface area contributed by atoms with Crippen LogP contribution in [0.15, 0.2) is 23.1 Å². The smallest absolute Gasteiger partial charge is 0.274 e. The van der Waals surface area contributed by atoms with Gasteiger partial charge in [-0.05, 0) is 24.7 Å². The molecule has 1 aromatic heterocycles. The van der Waals surface area contributed by atoms with Crippen molar-refractivity contribution in [3.05, 3.63) is 62.8 Å². The molecule has 2 N–H and O–H groups in total. The van der Waals surface area contributed by atoms with E-state index in [1.54, 1.807) is 7.05 Å². The molecule has 2 amide bonds. The van der Waals surface area contributed by atoms with Gasteiger partial charge in [-0.1, -0.05) is 0 Å². The Labute approximate surface area is 174 Å². The summed E-state index contributed by atoms with van der Waals surface area (Å²) in [5, 5.41) is 12.7. The summed E-state index contributed by atoms with van der Waals surface area (Å²) in [5.41, 5.74) is -2.21. The Kier molecular flexibility index (Phi) is 4.18. The van der Waals surface area contributed by atoms with Gasteiger partial charge in [0.1, 0.15) is 23.0 Å². The van der Waals surface area contributed by atoms with Crippen molar-refractivity contribution in [3.8, 4) is 5.75 Å². The number of hydrogen-bond acceptors (Lipinski definition) is 4. The number of amides is 2. The third-order valence-corrected chi connectivity index (χ3v) is 6.68. The van der Waals surface area contributed by atoms with Crippen LogP contribution in [0.3, 0.4) is 0 Å². The van der Waals surface area contributed by atoms with Crippen LogP contribution in [-0.4, -0.2) is 39.5 Å². The number of benzene rings is 1. The fraction of sp³-hybridized carbons (Fsp3) is 0.381. The van der Waals surface area contributed by atoms with Crippen LogP contribution in [0.1, 0.15) is 45.3 Å². The van der Waals surface area contributed by atoms with Crippen molar-refractivity contribution in [2.45, 2.75) is 31.5 Å². The van der Waals surface area contributed by atoms with Gasteiger partial charge in [-0.15, -0.1) is 0 Å². The third kappa shape index (κ3) is 2.84. The number of hydrogen-bond donors (Lipinski definition) is 2. The summed E-state index contributed by atoms with van der Waals surface area (Å²) in [6.07, 6.45) is 3.03. The molecule has 2 aliphatic carbocycles. The second-order valence-corrected chi connectivity index (χ2v) is 8.38. The van der Waals surface area contributed by atoms with Crippen molar-refractivity contribution in [3.63, 3.8) is 0 Å². The second-order valence-electron chi connectivity index (χ2n) is 8.38. The summed E-state index contributed by atoms with van der Waals surface area (Å²) in [6, 6.07) is 0.716. The lowest BCUT2D eigenvalue weighted by Gasteiger charge is -2.39. The van der Waals surface area contributed by atoms with Crippen molar-refractivity contribution < 1.29 is 27.9 Å². The highest BCUT2D eigenvalue weighted by molar-refractivity contribution is 5.99. The van der Waals surface area contributed by atoms with Gasteiger partial charge in [-0.2, -0.15) is 0 Å². The highest BCUT2D eigenvalue weighted by atomic mass is 19.1. The van der Waals surface area contributed by atoms with Crippen molar-refractivity contribution in [1.29, 1.82) is 0 Å². The molecule has 162 valence electrons. The number of carbonyl (C=O) groups excluding carboxylic acids is 2. The number of nitrogens with one attached hydrogen (secondary N) is 1. The molecule has 1 aromatic carbocycles. The standard InChI is InChI=1S/C21H18F3N3O4/c1-26-15-3-8-2-10(8)16(15)27-7-12(18(28)19(29)17(27)21(26)31)20(30)25-6-11-13(23)4-9(22)5-14(11)24/h4-5,7-8,10,15-16,29H,2-3,6H2,1H3,(H,25,30)/t8-,10-,15-,16+/m1/s1. The van der Waals surface area contributed by atoms with E-state index in [2.05, 4.69) is 5.32 Å². The van der Waals surface area contributed by atoms with Crippen LogP contribution in [0.5, 0.6) is 5.75 Å². The Bertz CT molecular complexity index is 1190. The summed E-state index contributed by atoms with van der Waals surface area (Å²) < 4.78 is 42.2. The number of nitrogens with zero attached hydrogens (tertiary/aromatic N) is 2. The molecule has 31 heavy (non-hydrogen) atoms. The van der Waals surface area contributed by atoms with E-state index in [0.29, 0.717) is 24.0 Å². The lowest BCUT2D eigenvalue weighted by atomic mass is 9.99. The molecule has 0 bridgehead atoms. The number of carbonyl (C=O) groups is 2. The fourth-order valence-corrected chi connectivity index (χ4v) is 5.02. The van der Waals surface area contributed by atoms with E-state index < -0.39 is 58.1 Å². The van der Waals surface area contributed by atoms with Gasteiger partial charge in [0, 0.05) is 37.5 Å². The van der Waals surface area contributed by atoms with Gasteiger partial charge < -0.3 is 19.9 Å². The second kappa shape index (κ2) is 6.60. The van der Waals surface area contributed by atoms with Gasteiger partial charge in [0.05, 0.1) is 12.1 Å². The normalized spacial score (nSPS) is 25.7. The highest BCUT2D eigenvalue weighted by Gasteiger charge is 2.58. The number of aromatic hydroxyl groups is 1. The van der Waals surface area contributed by atoms with Crippen LogP contribution in [0.2, 0.25) is 0 Å². The average Bonchev–Trinajstić information content (AvgIpc) is 3.37. The minimum atomic E-state index is -1.18. The highest BCUT2D eigenvalue weighted by Crippen LogP contribution is 2.60. The van der Waals surface area contributed by atoms with Crippen LogP contribution in [0.25, 0.3) is 0 Å². The number of likely N-dealkylation sites (N-methyl/N-ethyl adjacent to an activating group) is 1. The molecule has 2 heterocycles. The molecule has 2 aromatic rings. The Morgan fingerprint density at radius 3 is 2.55 bits per heavy atom. The molecule has 3 aliphatic rings. The number of rotatable bonds is 3. The van der Waals surface area contributed by atoms with Gasteiger partial charge in [0.25, 0.3) is 11.8 Å². The van der Waals surface area contributed by atoms with Crippen molar-refractivity contribution in [1.82, 2.24) is 14.8 Å². The number of pyridine rings is 1. The van der Waals surface area contributed by atoms with Crippen LogP contribution in [-0.2, 0) is 6.54 Å². The topological polar surface area (TPSA) is 91.6 Å². The molecule has 0 saturated heterocycles. The van der Waals surface area contributed by atoms with E-state index >= 15 is 0 Å². The maximum absolute atomic E-state index is 13.8. The zero-order chi connectivity index (χ0) is 22.2. The molecule has 0 radical (unpaired) electrons. The molecular formula is C21H18F3N3O4. The summed E-state index contributed by atoms with van der Waals surface area (Å²) in [4.78, 5) is 39.5. The first kappa shape index (κ1) is 19.7. The summed E-state index contributed by atoms with van der Waals surface area (Å²) >= 11 is 0. The SMILES string of the molecule is CN1C(=O)c2c(O)c(=O)c(C(=O)NCc3c(F)cc(F)cc3F)cn2[C@H]2[C@@H]3C[C@@H]3C[C@H]21. The first-order valence-electron chi connectivity index (χ1n) is 9.86. The number of aromatic nitrogens is 1. The largest absolute Gasteiger partial charge is 0.503 e. The van der Waals surface area contributed by atoms with E-state index in [9.17, 15) is 32.7 Å². The first-order chi connectivity index (χ1) is 14.7. The molecular weight excluding hydrogens is 415 g/mol. The Balaban J connectivity index is 1.50. The van der Waals surface area contributed by atoms with E-state index in [-0.39, 0.29) is 17.8 Å². The summed E-state index contributed by atoms with van der Waals surface area (Å²) in [7, 11) is 1.63. The molecule has 7 nitrogen and oxygen atoms in total. The quantitative estimate of drug-likeness (QED) is 0.774. The Morgan fingerprint density at radius 2 is 1.87 bits per heavy atom. The molecule has 2 fully saturated rings. The monoisotopic (exact) mass is 433 g/mol. The number of halogens is 3. The van der Waals surface area contributed by atoms with Gasteiger partial charge >= 0.3 is 0 Å². The summed E-state index contributed by atoms with van der Waals surface area (Å²) in [6.45, 7) is -0.628. The third-order valence-electron chi connectivity index (χ3n) is 6.68. The van der Waals surface area contributed by atoms with Gasteiger partial charge in [0.15, 0.2) is 11.4 Å². The van der Waals surface area contributed by atoms with Gasteiger partial charge in [-0.3, -0.25) is 14.4 Å². The molecule has 10 heteroatoms. The molecule has 5 rings (SSSR count). The lowest BCUT2D eigenvalue weighted by Crippen LogP contribution is -2.49. The van der Waals surface area contributed by atoms with Crippen molar-refractivity contribution >= 4 is 11.8 Å². The average molecular weight is 433 g/mol. The van der Waals surface area contributed by atoms with E-state index in [4.69, 9.17) is 0 Å². The van der Waals surface area contributed by atoms with Crippen LogP contribution < -0.4 is 10.7 Å². The first-order valence-corrected chi connectivity index (χ1v) is 9.86. The summed E-state index contributed by atoms with van der Waals surface area (Å²) in [5.74, 6) is -4.99. The number of fused-ring (bicyclic) bond motifs is 5. The Morgan fingerprint density at radius 1 is 1.19 bits per heavy atom. The van der Waals surface area contributed by atoms with E-state index in [0.717, 1.165) is 12.8 Å². The van der Waals surface area contributed by atoms with Gasteiger partial charge in [-0.25, -0.2) is 13.2 Å². The van der Waals surface area contributed by atoms with E-state index in [1.807, 2.05) is 0 Å². The lowest BCUT2D eigenvalue weighted by molar-refractivity contribution is 0.0589. The molecule has 0 spiro atoms. The predicted molar refractivity (Wildman–Crippen MR) is 101 cm³/mol. The molecule has 4 atom stereocenters. The van der Waals surface area contributed by atoms with Crippen LogP contribution >= 0.6 is 0 Å². The maximum Gasteiger partial charge on any atom is 0.274 e. The Hall–Kier alpha value is -3.30. The van der Waals surface area contributed by atoms with Gasteiger partial charge in [0.2, 0.25) is 5.43 Å². The van der Waals surface area contributed by atoms with E-state index in [1.165, 1.54) is 15.7 Å². The molecule has 2 saturated carbocycles. The van der Waals surface area contributed by atoms with Crippen molar-refractivity contribution in [2.24, 2.45) is 11.8 Å². The fourth-order valence-electron chi connectivity index (χ4n) is 5.02.